The number of methoxy groups -OCH3 is 1. The minimum Gasteiger partial charge on any atom is -0.466 e. The Bertz CT molecular complexity index is 128. The molecule has 0 saturated carbocycles. The SMILES string of the molecule is C=CC(=O)OC.O=[P+](O)O. The van der Waals surface area contributed by atoms with Crippen molar-refractivity contribution in [3.63, 3.8) is 0 Å². The highest BCUT2D eigenvalue weighted by Gasteiger charge is 1.93. The molecule has 0 atom stereocenters. The number of carbonyl (C=O) groups excluding carboxylic acids is 1. The maximum Gasteiger partial charge on any atom is 0.692 e. The van der Waals surface area contributed by atoms with Gasteiger partial charge in [-0.25, -0.2) is 4.79 Å². The fraction of sp³-hybridized carbons (Fsp3) is 0.250. The third-order valence-corrected chi connectivity index (χ3v) is 0.368. The van der Waals surface area contributed by atoms with Gasteiger partial charge in [-0.2, -0.15) is 0 Å². The van der Waals surface area contributed by atoms with E-state index in [1.165, 1.54) is 7.11 Å². The standard InChI is InChI=1S/C4H6O2.HO3P/c1-3-4(5)6-2;1-4(2)3/h3H,1H2,2H3;(H-,1,2,3)/p+1. The van der Waals surface area contributed by atoms with Crippen LogP contribution in [0.1, 0.15) is 0 Å². The molecule has 0 spiro atoms. The quantitative estimate of drug-likeness (QED) is 0.325. The fourth-order valence-corrected chi connectivity index (χ4v) is 0.0833. The summed E-state index contributed by atoms with van der Waals surface area (Å²) >= 11 is 0. The third-order valence-electron chi connectivity index (χ3n) is 0.368. The molecular formula is C4H8O5P+. The second kappa shape index (κ2) is 8.23. The number of rotatable bonds is 1. The summed E-state index contributed by atoms with van der Waals surface area (Å²) in [5, 5.41) is 0. The lowest BCUT2D eigenvalue weighted by Crippen LogP contribution is -1.91. The van der Waals surface area contributed by atoms with E-state index in [1.54, 1.807) is 0 Å². The molecule has 0 unspecified atom stereocenters. The zero-order valence-corrected chi connectivity index (χ0v) is 6.25. The highest BCUT2D eigenvalue weighted by atomic mass is 31.1. The molecule has 0 aromatic rings. The molecular weight excluding hydrogens is 159 g/mol. The lowest BCUT2D eigenvalue weighted by Gasteiger charge is -1.83. The molecule has 58 valence electrons. The largest absolute Gasteiger partial charge is 0.692 e. The van der Waals surface area contributed by atoms with Crippen LogP contribution in [0.25, 0.3) is 0 Å². The summed E-state index contributed by atoms with van der Waals surface area (Å²) in [5.74, 6) is -0.394. The van der Waals surface area contributed by atoms with Crippen LogP contribution in [-0.4, -0.2) is 22.9 Å². The molecule has 2 N–H and O–H groups in total. The Hall–Kier alpha value is -0.770. The molecule has 0 aliphatic rings. The van der Waals surface area contributed by atoms with Gasteiger partial charge in [0, 0.05) is 10.6 Å². The second-order valence-electron chi connectivity index (χ2n) is 0.980. The first-order valence-corrected chi connectivity index (χ1v) is 3.26. The molecule has 0 saturated heterocycles. The van der Waals surface area contributed by atoms with Crippen molar-refractivity contribution >= 4 is 14.2 Å². The zero-order chi connectivity index (χ0) is 8.57. The Morgan fingerprint density at radius 2 is 2.00 bits per heavy atom. The lowest BCUT2D eigenvalue weighted by molar-refractivity contribution is -0.134. The maximum absolute atomic E-state index is 9.84. The van der Waals surface area contributed by atoms with Crippen molar-refractivity contribution in [2.75, 3.05) is 7.11 Å². The molecule has 0 radical (unpaired) electrons. The lowest BCUT2D eigenvalue weighted by atomic mass is 10.7. The van der Waals surface area contributed by atoms with Crippen molar-refractivity contribution in [2.45, 2.75) is 0 Å². The summed E-state index contributed by atoms with van der Waals surface area (Å²) in [5.41, 5.74) is 0. The van der Waals surface area contributed by atoms with Crippen LogP contribution in [0.4, 0.5) is 0 Å². The fourth-order valence-electron chi connectivity index (χ4n) is 0.0833. The normalized spacial score (nSPS) is 6.70. The highest BCUT2D eigenvalue weighted by Crippen LogP contribution is 1.98. The van der Waals surface area contributed by atoms with Crippen LogP contribution in [-0.2, 0) is 14.1 Å². The van der Waals surface area contributed by atoms with Crippen molar-refractivity contribution in [2.24, 2.45) is 0 Å². The van der Waals surface area contributed by atoms with E-state index in [4.69, 9.17) is 14.4 Å². The Balaban J connectivity index is 0. The van der Waals surface area contributed by atoms with E-state index < -0.39 is 14.2 Å². The molecule has 0 aliphatic heterocycles. The molecule has 6 heteroatoms. The molecule has 0 rings (SSSR count). The smallest absolute Gasteiger partial charge is 0.466 e. The first kappa shape index (κ1) is 12.0. The molecule has 0 aromatic heterocycles. The van der Waals surface area contributed by atoms with Crippen LogP contribution in [0.2, 0.25) is 0 Å². The van der Waals surface area contributed by atoms with E-state index in [-0.39, 0.29) is 0 Å². The van der Waals surface area contributed by atoms with Gasteiger partial charge < -0.3 is 4.74 Å². The van der Waals surface area contributed by atoms with Crippen molar-refractivity contribution < 1.29 is 23.9 Å². The van der Waals surface area contributed by atoms with Crippen molar-refractivity contribution in [1.29, 1.82) is 0 Å². The van der Waals surface area contributed by atoms with E-state index in [2.05, 4.69) is 11.3 Å². The Labute approximate surface area is 58.9 Å². The summed E-state index contributed by atoms with van der Waals surface area (Å²) in [6.07, 6.45) is 1.11. The molecule has 10 heavy (non-hydrogen) atoms. The van der Waals surface area contributed by atoms with Crippen LogP contribution in [0.3, 0.4) is 0 Å². The summed E-state index contributed by atoms with van der Waals surface area (Å²) in [4.78, 5) is 24.1. The molecule has 0 amide bonds. The Morgan fingerprint density at radius 3 is 2.00 bits per heavy atom. The average Bonchev–Trinajstić information content (AvgIpc) is 1.85. The van der Waals surface area contributed by atoms with Gasteiger partial charge in [0.15, 0.2) is 0 Å². The number of hydrogen-bond acceptors (Lipinski definition) is 3. The van der Waals surface area contributed by atoms with Crippen LogP contribution in [0, 0.1) is 0 Å². The van der Waals surface area contributed by atoms with Crippen LogP contribution in [0.15, 0.2) is 12.7 Å². The van der Waals surface area contributed by atoms with E-state index in [9.17, 15) is 4.79 Å². The van der Waals surface area contributed by atoms with E-state index in [1.807, 2.05) is 0 Å². The predicted molar refractivity (Wildman–Crippen MR) is 34.3 cm³/mol. The van der Waals surface area contributed by atoms with Gasteiger partial charge in [0.2, 0.25) is 0 Å². The van der Waals surface area contributed by atoms with Crippen molar-refractivity contribution in [1.82, 2.24) is 0 Å². The van der Waals surface area contributed by atoms with Crippen LogP contribution >= 0.6 is 8.25 Å². The second-order valence-corrected chi connectivity index (χ2v) is 1.49. The van der Waals surface area contributed by atoms with Crippen LogP contribution < -0.4 is 0 Å². The van der Waals surface area contributed by atoms with Gasteiger partial charge in [-0.15, -0.1) is 9.79 Å². The number of carbonyl (C=O) groups is 1. The third kappa shape index (κ3) is 26.9. The van der Waals surface area contributed by atoms with E-state index in [0.29, 0.717) is 0 Å². The molecule has 0 heterocycles. The number of esters is 1. The maximum atomic E-state index is 9.84. The number of ether oxygens (including phenoxy) is 1. The van der Waals surface area contributed by atoms with Crippen LogP contribution in [0.5, 0.6) is 0 Å². The zero-order valence-electron chi connectivity index (χ0n) is 5.35. The summed E-state index contributed by atoms with van der Waals surface area (Å²) in [7, 11) is -1.56. The summed E-state index contributed by atoms with van der Waals surface area (Å²) in [6, 6.07) is 0. The van der Waals surface area contributed by atoms with Gasteiger partial charge in [-0.1, -0.05) is 6.58 Å². The molecule has 5 nitrogen and oxygen atoms in total. The van der Waals surface area contributed by atoms with E-state index >= 15 is 0 Å². The Morgan fingerprint density at radius 1 is 1.70 bits per heavy atom. The Kier molecular flexibility index (Phi) is 9.84. The van der Waals surface area contributed by atoms with Gasteiger partial charge in [0.05, 0.1) is 7.11 Å². The highest BCUT2D eigenvalue weighted by molar-refractivity contribution is 7.30. The molecule has 0 fully saturated rings. The molecule has 0 aromatic carbocycles. The van der Waals surface area contributed by atoms with Gasteiger partial charge >= 0.3 is 14.2 Å². The topological polar surface area (TPSA) is 83.8 Å². The average molecular weight is 167 g/mol. The monoisotopic (exact) mass is 167 g/mol. The van der Waals surface area contributed by atoms with Gasteiger partial charge in [0.1, 0.15) is 0 Å². The first-order valence-electron chi connectivity index (χ1n) is 2.10. The minimum atomic E-state index is -2.87. The summed E-state index contributed by atoms with van der Waals surface area (Å²) in [6.45, 7) is 3.16. The van der Waals surface area contributed by atoms with Gasteiger partial charge in [0.25, 0.3) is 0 Å². The van der Waals surface area contributed by atoms with Gasteiger partial charge in [-0.3, -0.25) is 0 Å². The molecule has 0 aliphatic carbocycles. The predicted octanol–water partition coefficient (Wildman–Crippen LogP) is -0.0262. The molecule has 0 bridgehead atoms. The van der Waals surface area contributed by atoms with E-state index in [0.717, 1.165) is 6.08 Å². The minimum absolute atomic E-state index is 0.394. The van der Waals surface area contributed by atoms with Crippen molar-refractivity contribution in [3.05, 3.63) is 12.7 Å². The summed E-state index contributed by atoms with van der Waals surface area (Å²) < 4.78 is 12.8. The first-order chi connectivity index (χ1) is 4.54. The number of hydrogen-bond donors (Lipinski definition) is 2. The van der Waals surface area contributed by atoms with Gasteiger partial charge in [-0.05, 0) is 0 Å². The van der Waals surface area contributed by atoms with Crippen molar-refractivity contribution in [3.8, 4) is 0 Å².